The third kappa shape index (κ3) is 3.50. The summed E-state index contributed by atoms with van der Waals surface area (Å²) in [6, 6.07) is 6.62. The fourth-order valence-electron chi connectivity index (χ4n) is 1.78. The zero-order chi connectivity index (χ0) is 14.0. The Kier molecular flexibility index (Phi) is 5.26. The van der Waals surface area contributed by atoms with Gasteiger partial charge in [-0.25, -0.2) is 4.39 Å². The molecule has 0 amide bonds. The first kappa shape index (κ1) is 15.3. The average molecular weight is 383 g/mol. The molecular weight excluding hydrogens is 372 g/mol. The van der Waals surface area contributed by atoms with E-state index in [-0.39, 0.29) is 11.1 Å². The first-order chi connectivity index (χ1) is 9.02. The molecule has 19 heavy (non-hydrogen) atoms. The lowest BCUT2D eigenvalue weighted by molar-refractivity contribution is 0.617. The summed E-state index contributed by atoms with van der Waals surface area (Å²) in [5, 5.41) is 4.16. The number of halogens is 4. The second kappa shape index (κ2) is 6.55. The second-order valence-corrected chi connectivity index (χ2v) is 7.15. The normalized spacial score (nSPS) is 12.7. The quantitative estimate of drug-likeness (QED) is 0.719. The van der Waals surface area contributed by atoms with Gasteiger partial charge in [-0.1, -0.05) is 36.2 Å². The third-order valence-electron chi connectivity index (χ3n) is 2.63. The van der Waals surface area contributed by atoms with Crippen molar-refractivity contribution in [3.63, 3.8) is 0 Å². The van der Waals surface area contributed by atoms with E-state index in [1.807, 2.05) is 13.0 Å². The van der Waals surface area contributed by atoms with Crippen LogP contribution in [0.15, 0.2) is 28.1 Å². The van der Waals surface area contributed by atoms with Crippen LogP contribution >= 0.6 is 50.5 Å². The minimum atomic E-state index is -0.411. The molecule has 1 atom stereocenters. The van der Waals surface area contributed by atoms with Crippen LogP contribution in [0.1, 0.15) is 23.4 Å². The minimum Gasteiger partial charge on any atom is -0.306 e. The van der Waals surface area contributed by atoms with Gasteiger partial charge in [-0.05, 0) is 46.2 Å². The monoisotopic (exact) mass is 381 g/mol. The summed E-state index contributed by atoms with van der Waals surface area (Å²) in [6.45, 7) is 2.80. The van der Waals surface area contributed by atoms with E-state index in [4.69, 9.17) is 23.2 Å². The topological polar surface area (TPSA) is 12.0 Å². The van der Waals surface area contributed by atoms with Crippen LogP contribution < -0.4 is 5.32 Å². The molecule has 2 rings (SSSR count). The maximum absolute atomic E-state index is 13.2. The highest BCUT2D eigenvalue weighted by molar-refractivity contribution is 9.11. The molecule has 0 saturated heterocycles. The summed E-state index contributed by atoms with van der Waals surface area (Å²) in [7, 11) is 0. The summed E-state index contributed by atoms with van der Waals surface area (Å²) >= 11 is 16.9. The Balaban J connectivity index is 2.41. The number of thiophene rings is 1. The number of hydrogen-bond acceptors (Lipinski definition) is 2. The van der Waals surface area contributed by atoms with E-state index in [9.17, 15) is 4.39 Å². The molecule has 0 radical (unpaired) electrons. The molecule has 6 heteroatoms. The summed E-state index contributed by atoms with van der Waals surface area (Å²) in [6.07, 6.45) is 0. The highest BCUT2D eigenvalue weighted by atomic mass is 79.9. The van der Waals surface area contributed by atoms with Crippen LogP contribution in [0.3, 0.4) is 0 Å². The molecule has 1 N–H and O–H groups in total. The molecule has 2 aromatic rings. The Morgan fingerprint density at radius 1 is 1.32 bits per heavy atom. The van der Waals surface area contributed by atoms with Crippen molar-refractivity contribution in [2.75, 3.05) is 6.54 Å². The number of benzene rings is 1. The summed E-state index contributed by atoms with van der Waals surface area (Å²) < 4.78 is 14.1. The Hall–Kier alpha value is -0.130. The summed E-state index contributed by atoms with van der Waals surface area (Å²) in [5.41, 5.74) is 0.915. The molecule has 0 aliphatic rings. The first-order valence-electron chi connectivity index (χ1n) is 5.66. The predicted molar refractivity (Wildman–Crippen MR) is 84.0 cm³/mol. The molecule has 0 aliphatic carbocycles. The molecule has 0 spiro atoms. The van der Waals surface area contributed by atoms with Crippen molar-refractivity contribution in [3.8, 4) is 0 Å². The highest BCUT2D eigenvalue weighted by Gasteiger charge is 2.18. The van der Waals surface area contributed by atoms with Crippen LogP contribution in [-0.4, -0.2) is 6.54 Å². The number of nitrogens with one attached hydrogen (secondary N) is 1. The van der Waals surface area contributed by atoms with Crippen LogP contribution in [0, 0.1) is 5.82 Å². The molecule has 1 heterocycles. The Bertz CT molecular complexity index is 569. The predicted octanol–water partition coefficient (Wildman–Crippen LogP) is 5.66. The van der Waals surface area contributed by atoms with Gasteiger partial charge in [0.05, 0.1) is 19.9 Å². The van der Waals surface area contributed by atoms with Gasteiger partial charge in [0.15, 0.2) is 0 Å². The summed E-state index contributed by atoms with van der Waals surface area (Å²) in [5.74, 6) is -0.411. The van der Waals surface area contributed by atoms with Crippen molar-refractivity contribution < 1.29 is 4.39 Å². The molecule has 1 nitrogen and oxygen atoms in total. The largest absolute Gasteiger partial charge is 0.306 e. The van der Waals surface area contributed by atoms with E-state index in [2.05, 4.69) is 21.2 Å². The van der Waals surface area contributed by atoms with Gasteiger partial charge in [-0.15, -0.1) is 11.3 Å². The van der Waals surface area contributed by atoms with Crippen LogP contribution in [0.5, 0.6) is 0 Å². The van der Waals surface area contributed by atoms with E-state index < -0.39 is 5.82 Å². The van der Waals surface area contributed by atoms with E-state index in [1.165, 1.54) is 6.07 Å². The van der Waals surface area contributed by atoms with Crippen LogP contribution in [0.2, 0.25) is 10.0 Å². The van der Waals surface area contributed by atoms with Crippen molar-refractivity contribution in [2.24, 2.45) is 0 Å². The first-order valence-corrected chi connectivity index (χ1v) is 8.02. The molecule has 0 aliphatic heterocycles. The Labute approximate surface area is 133 Å². The lowest BCUT2D eigenvalue weighted by atomic mass is 10.1. The van der Waals surface area contributed by atoms with Crippen molar-refractivity contribution in [1.82, 2.24) is 5.32 Å². The molecule has 1 unspecified atom stereocenters. The molecule has 1 aromatic heterocycles. The number of rotatable bonds is 4. The third-order valence-corrected chi connectivity index (χ3v) is 5.46. The van der Waals surface area contributed by atoms with Gasteiger partial charge in [-0.2, -0.15) is 0 Å². The van der Waals surface area contributed by atoms with E-state index >= 15 is 0 Å². The molecule has 0 bridgehead atoms. The number of hydrogen-bond donors (Lipinski definition) is 1. The van der Waals surface area contributed by atoms with Gasteiger partial charge in [0.2, 0.25) is 0 Å². The average Bonchev–Trinajstić information content (AvgIpc) is 2.70. The Morgan fingerprint density at radius 2 is 2.05 bits per heavy atom. The molecule has 1 aromatic carbocycles. The van der Waals surface area contributed by atoms with Crippen LogP contribution in [0.25, 0.3) is 0 Å². The zero-order valence-corrected chi connectivity index (χ0v) is 13.9. The maximum Gasteiger partial charge on any atom is 0.141 e. The molecule has 0 saturated carbocycles. The van der Waals surface area contributed by atoms with Crippen molar-refractivity contribution >= 4 is 50.5 Å². The van der Waals surface area contributed by atoms with Gasteiger partial charge in [0.25, 0.3) is 0 Å². The molecule has 102 valence electrons. The lowest BCUT2D eigenvalue weighted by Gasteiger charge is -2.17. The zero-order valence-electron chi connectivity index (χ0n) is 10.0. The fourth-order valence-corrected chi connectivity index (χ4v) is 3.82. The van der Waals surface area contributed by atoms with Crippen molar-refractivity contribution in [1.29, 1.82) is 0 Å². The standard InChI is InChI=1S/C13H11BrCl2FNS/c1-2-18-12(11-6-9(16)13(14)19-11)7-3-4-10(17)8(15)5-7/h3-6,12,18H,2H2,1H3. The van der Waals surface area contributed by atoms with E-state index in [0.29, 0.717) is 5.02 Å². The van der Waals surface area contributed by atoms with E-state index in [1.54, 1.807) is 23.5 Å². The van der Waals surface area contributed by atoms with E-state index in [0.717, 1.165) is 20.8 Å². The second-order valence-electron chi connectivity index (χ2n) is 3.93. The molecule has 0 fully saturated rings. The van der Waals surface area contributed by atoms with Gasteiger partial charge in [0, 0.05) is 4.88 Å². The van der Waals surface area contributed by atoms with Gasteiger partial charge < -0.3 is 5.32 Å². The van der Waals surface area contributed by atoms with Crippen molar-refractivity contribution in [3.05, 3.63) is 54.4 Å². The van der Waals surface area contributed by atoms with Gasteiger partial charge in [-0.3, -0.25) is 0 Å². The maximum atomic E-state index is 13.2. The van der Waals surface area contributed by atoms with Crippen LogP contribution in [-0.2, 0) is 0 Å². The summed E-state index contributed by atoms with van der Waals surface area (Å²) in [4.78, 5) is 1.06. The lowest BCUT2D eigenvalue weighted by Crippen LogP contribution is -2.21. The fraction of sp³-hybridized carbons (Fsp3) is 0.231. The minimum absolute atomic E-state index is 0.0445. The SMILES string of the molecule is CCNC(c1ccc(F)c(Cl)c1)c1cc(Cl)c(Br)s1. The molecular formula is C13H11BrCl2FNS. The van der Waals surface area contributed by atoms with Crippen LogP contribution in [0.4, 0.5) is 4.39 Å². The smallest absolute Gasteiger partial charge is 0.141 e. The van der Waals surface area contributed by atoms with Gasteiger partial charge in [0.1, 0.15) is 5.82 Å². The van der Waals surface area contributed by atoms with Crippen molar-refractivity contribution in [2.45, 2.75) is 13.0 Å². The Morgan fingerprint density at radius 3 is 2.58 bits per heavy atom. The highest BCUT2D eigenvalue weighted by Crippen LogP contribution is 2.37. The van der Waals surface area contributed by atoms with Gasteiger partial charge >= 0.3 is 0 Å².